The minimum atomic E-state index is -3.61. The average Bonchev–Trinajstić information content (AvgIpc) is 3.16. The molecule has 7 nitrogen and oxygen atoms in total. The lowest BCUT2D eigenvalue weighted by molar-refractivity contribution is 0.102. The van der Waals surface area contributed by atoms with Gasteiger partial charge in [0.05, 0.1) is 21.7 Å². The molecule has 1 N–H and O–H groups in total. The summed E-state index contributed by atoms with van der Waals surface area (Å²) in [4.78, 5) is 17.6. The van der Waals surface area contributed by atoms with Crippen molar-refractivity contribution in [2.75, 3.05) is 25.0 Å². The number of aromatic nitrogens is 1. The van der Waals surface area contributed by atoms with Crippen molar-refractivity contribution in [1.29, 1.82) is 0 Å². The number of nitrogens with one attached hydrogen (secondary N) is 1. The number of ether oxygens (including phenoxy) is 1. The van der Waals surface area contributed by atoms with Crippen molar-refractivity contribution >= 4 is 42.6 Å². The maximum atomic E-state index is 13.0. The van der Waals surface area contributed by atoms with Crippen LogP contribution < -0.4 is 10.1 Å². The quantitative estimate of drug-likeness (QED) is 0.589. The first-order chi connectivity index (χ1) is 14.9. The molecule has 2 aromatic carbocycles. The van der Waals surface area contributed by atoms with Crippen LogP contribution in [0.3, 0.4) is 0 Å². The van der Waals surface area contributed by atoms with Gasteiger partial charge in [-0.05, 0) is 62.6 Å². The topological polar surface area (TPSA) is 88.6 Å². The number of carbonyl (C=O) groups excluding carboxylic acids is 1. The summed E-state index contributed by atoms with van der Waals surface area (Å²) >= 11 is 1.35. The first kappa shape index (κ1) is 21.7. The number of rotatable bonds is 6. The highest BCUT2D eigenvalue weighted by molar-refractivity contribution is 7.89. The number of aryl methyl sites for hydroxylation is 1. The van der Waals surface area contributed by atoms with Crippen molar-refractivity contribution in [3.8, 4) is 5.75 Å². The van der Waals surface area contributed by atoms with E-state index < -0.39 is 10.0 Å². The fourth-order valence-electron chi connectivity index (χ4n) is 3.64. The number of benzene rings is 2. The summed E-state index contributed by atoms with van der Waals surface area (Å²) in [7, 11) is -3.61. The third-order valence-electron chi connectivity index (χ3n) is 5.30. The highest BCUT2D eigenvalue weighted by atomic mass is 32.2. The van der Waals surface area contributed by atoms with Crippen LogP contribution in [0.15, 0.2) is 41.3 Å². The Morgan fingerprint density at radius 1 is 1.16 bits per heavy atom. The van der Waals surface area contributed by atoms with Gasteiger partial charge in [-0.2, -0.15) is 4.31 Å². The zero-order valence-corrected chi connectivity index (χ0v) is 19.2. The number of fused-ring (bicyclic) bond motifs is 1. The second-order valence-corrected chi connectivity index (χ2v) is 10.4. The minimum Gasteiger partial charge on any atom is -0.494 e. The van der Waals surface area contributed by atoms with Crippen LogP contribution in [0.4, 0.5) is 5.13 Å². The molecule has 1 saturated heterocycles. The van der Waals surface area contributed by atoms with Gasteiger partial charge in [-0.3, -0.25) is 10.1 Å². The van der Waals surface area contributed by atoms with Crippen molar-refractivity contribution < 1.29 is 17.9 Å². The number of piperidine rings is 1. The zero-order chi connectivity index (χ0) is 22.0. The van der Waals surface area contributed by atoms with Crippen molar-refractivity contribution in [2.24, 2.45) is 0 Å². The number of anilines is 1. The van der Waals surface area contributed by atoms with E-state index in [0.717, 1.165) is 35.2 Å². The number of hydrogen-bond acceptors (Lipinski definition) is 6. The number of nitrogens with zero attached hydrogens (tertiary/aromatic N) is 2. The van der Waals surface area contributed by atoms with Gasteiger partial charge in [-0.25, -0.2) is 13.4 Å². The Hall–Kier alpha value is -2.49. The van der Waals surface area contributed by atoms with Gasteiger partial charge in [-0.15, -0.1) is 0 Å². The van der Waals surface area contributed by atoms with Gasteiger partial charge in [-0.1, -0.05) is 23.8 Å². The van der Waals surface area contributed by atoms with Crippen LogP contribution in [0.5, 0.6) is 5.75 Å². The van der Waals surface area contributed by atoms with Crippen molar-refractivity contribution in [2.45, 2.75) is 38.0 Å². The number of carbonyl (C=O) groups is 1. The summed E-state index contributed by atoms with van der Waals surface area (Å²) in [5.74, 6) is 0.375. The van der Waals surface area contributed by atoms with Crippen molar-refractivity contribution in [1.82, 2.24) is 9.29 Å². The lowest BCUT2D eigenvalue weighted by Gasteiger charge is -2.26. The van der Waals surface area contributed by atoms with Gasteiger partial charge < -0.3 is 4.74 Å². The highest BCUT2D eigenvalue weighted by Crippen LogP contribution is 2.30. The lowest BCUT2D eigenvalue weighted by atomic mass is 10.1. The molecule has 0 radical (unpaired) electrons. The Kier molecular flexibility index (Phi) is 6.27. The minimum absolute atomic E-state index is 0.149. The monoisotopic (exact) mass is 459 g/mol. The van der Waals surface area contributed by atoms with E-state index in [1.54, 1.807) is 19.1 Å². The SMILES string of the molecule is CCOc1ccc2nc(NC(=O)c3cc(S(=O)(=O)N4CCCCC4)ccc3C)sc2c1. The molecule has 1 fully saturated rings. The molecular weight excluding hydrogens is 434 g/mol. The maximum absolute atomic E-state index is 13.0. The van der Waals surface area contributed by atoms with Gasteiger partial charge in [0.15, 0.2) is 5.13 Å². The van der Waals surface area contributed by atoms with Crippen LogP contribution in [-0.2, 0) is 10.0 Å². The molecule has 1 amide bonds. The van der Waals surface area contributed by atoms with E-state index >= 15 is 0 Å². The maximum Gasteiger partial charge on any atom is 0.257 e. The molecule has 0 atom stereocenters. The third kappa shape index (κ3) is 4.58. The van der Waals surface area contributed by atoms with Gasteiger partial charge in [0, 0.05) is 18.7 Å². The van der Waals surface area contributed by atoms with E-state index in [0.29, 0.717) is 36.0 Å². The van der Waals surface area contributed by atoms with E-state index in [2.05, 4.69) is 10.3 Å². The molecule has 0 spiro atoms. The Bertz CT molecular complexity index is 1210. The number of thiazole rings is 1. The first-order valence-corrected chi connectivity index (χ1v) is 12.6. The molecule has 0 saturated carbocycles. The summed E-state index contributed by atoms with van der Waals surface area (Å²) in [6.07, 6.45) is 2.77. The highest BCUT2D eigenvalue weighted by Gasteiger charge is 2.27. The Balaban J connectivity index is 1.58. The Morgan fingerprint density at radius 3 is 2.68 bits per heavy atom. The molecule has 9 heteroatoms. The molecule has 164 valence electrons. The molecule has 0 bridgehead atoms. The van der Waals surface area contributed by atoms with Crippen LogP contribution in [0.2, 0.25) is 0 Å². The third-order valence-corrected chi connectivity index (χ3v) is 8.13. The smallest absolute Gasteiger partial charge is 0.257 e. The Labute approximate surface area is 186 Å². The summed E-state index contributed by atoms with van der Waals surface area (Å²) in [5, 5.41) is 3.27. The zero-order valence-electron chi connectivity index (χ0n) is 17.6. The van der Waals surface area contributed by atoms with Crippen LogP contribution in [0.1, 0.15) is 42.1 Å². The number of sulfonamides is 1. The van der Waals surface area contributed by atoms with Gasteiger partial charge in [0.1, 0.15) is 5.75 Å². The fourth-order valence-corrected chi connectivity index (χ4v) is 6.07. The molecule has 1 aromatic heterocycles. The van der Waals surface area contributed by atoms with Crippen LogP contribution >= 0.6 is 11.3 Å². The molecule has 0 unspecified atom stereocenters. The molecule has 2 heterocycles. The second-order valence-electron chi connectivity index (χ2n) is 7.48. The standard InChI is InChI=1S/C22H25N3O4S2/c1-3-29-16-8-10-19-20(13-16)30-22(23-19)24-21(26)18-14-17(9-7-15(18)2)31(27,28)25-11-5-4-6-12-25/h7-10,13-14H,3-6,11-12H2,1-2H3,(H,23,24,26). The van der Waals surface area contributed by atoms with Crippen LogP contribution in [0.25, 0.3) is 10.2 Å². The average molecular weight is 460 g/mol. The summed E-state index contributed by atoms with van der Waals surface area (Å²) in [6, 6.07) is 10.3. The molecule has 3 aromatic rings. The molecule has 0 aliphatic carbocycles. The molecule has 1 aliphatic heterocycles. The van der Waals surface area contributed by atoms with Crippen LogP contribution in [0, 0.1) is 6.92 Å². The molecule has 4 rings (SSSR count). The summed E-state index contributed by atoms with van der Waals surface area (Å²) in [5.41, 5.74) is 1.80. The normalized spacial score (nSPS) is 15.2. The van der Waals surface area contributed by atoms with E-state index in [-0.39, 0.29) is 10.8 Å². The van der Waals surface area contributed by atoms with E-state index in [9.17, 15) is 13.2 Å². The van der Waals surface area contributed by atoms with E-state index in [1.165, 1.54) is 21.7 Å². The predicted molar refractivity (Wildman–Crippen MR) is 123 cm³/mol. The molecule has 31 heavy (non-hydrogen) atoms. The van der Waals surface area contributed by atoms with Crippen molar-refractivity contribution in [3.63, 3.8) is 0 Å². The van der Waals surface area contributed by atoms with Gasteiger partial charge >= 0.3 is 0 Å². The van der Waals surface area contributed by atoms with Gasteiger partial charge in [0.25, 0.3) is 5.91 Å². The second kappa shape index (κ2) is 8.94. The van der Waals surface area contributed by atoms with Gasteiger partial charge in [0.2, 0.25) is 10.0 Å². The summed E-state index contributed by atoms with van der Waals surface area (Å²) < 4.78 is 33.9. The van der Waals surface area contributed by atoms with E-state index in [4.69, 9.17) is 4.74 Å². The number of amides is 1. The Morgan fingerprint density at radius 2 is 1.94 bits per heavy atom. The largest absolute Gasteiger partial charge is 0.494 e. The molecular formula is C22H25N3O4S2. The summed E-state index contributed by atoms with van der Waals surface area (Å²) in [6.45, 7) is 5.33. The molecule has 1 aliphatic rings. The van der Waals surface area contributed by atoms with Crippen LogP contribution in [-0.4, -0.2) is 43.3 Å². The van der Waals surface area contributed by atoms with Crippen molar-refractivity contribution in [3.05, 3.63) is 47.5 Å². The number of hydrogen-bond donors (Lipinski definition) is 1. The first-order valence-electron chi connectivity index (χ1n) is 10.3. The van der Waals surface area contributed by atoms with E-state index in [1.807, 2.05) is 25.1 Å². The fraction of sp³-hybridized carbons (Fsp3) is 0.364. The lowest BCUT2D eigenvalue weighted by Crippen LogP contribution is -2.35. The predicted octanol–water partition coefficient (Wildman–Crippen LogP) is 4.43.